The highest BCUT2D eigenvalue weighted by Gasteiger charge is 2.04. The van der Waals surface area contributed by atoms with E-state index in [-0.39, 0.29) is 0 Å². The normalized spacial score (nSPS) is 10.8. The molecule has 0 aliphatic carbocycles. The number of rotatable bonds is 2. The summed E-state index contributed by atoms with van der Waals surface area (Å²) in [6, 6.07) is 17.3. The van der Waals surface area contributed by atoms with Crippen LogP contribution in [0.4, 0.5) is 0 Å². The minimum absolute atomic E-state index is 0.600. The van der Waals surface area contributed by atoms with Gasteiger partial charge < -0.3 is 0 Å². The molecule has 0 radical (unpaired) electrons. The third-order valence-corrected chi connectivity index (χ3v) is 3.00. The second-order valence-corrected chi connectivity index (χ2v) is 4.60. The quantitative estimate of drug-likeness (QED) is 0.668. The predicted octanol–water partition coefficient (Wildman–Crippen LogP) is 4.79. The number of aryl methyl sites for hydroxylation is 1. The van der Waals surface area contributed by atoms with Crippen molar-refractivity contribution in [2.75, 3.05) is 0 Å². The third-order valence-electron chi connectivity index (χ3n) is 3.00. The van der Waals surface area contributed by atoms with E-state index < -0.39 is 0 Å². The van der Waals surface area contributed by atoms with E-state index in [1.165, 1.54) is 22.3 Å². The summed E-state index contributed by atoms with van der Waals surface area (Å²) >= 11 is 0. The Balaban J connectivity index is 2.45. The van der Waals surface area contributed by atoms with E-state index in [0.717, 1.165) is 0 Å². The van der Waals surface area contributed by atoms with Gasteiger partial charge in [-0.25, -0.2) is 0 Å². The van der Waals surface area contributed by atoms with Gasteiger partial charge in [0, 0.05) is 0 Å². The molecule has 0 nitrogen and oxygen atoms in total. The molecule has 0 N–H and O–H groups in total. The lowest BCUT2D eigenvalue weighted by atomic mass is 9.94. The Hall–Kier alpha value is -1.56. The smallest absolute Gasteiger partial charge is 0.0155 e. The van der Waals surface area contributed by atoms with Crippen LogP contribution in [0.2, 0.25) is 0 Å². The van der Waals surface area contributed by atoms with E-state index in [9.17, 15) is 0 Å². The summed E-state index contributed by atoms with van der Waals surface area (Å²) in [5.74, 6) is 0.600. The van der Waals surface area contributed by atoms with Crippen molar-refractivity contribution in [1.29, 1.82) is 0 Å². The topological polar surface area (TPSA) is 0 Å². The van der Waals surface area contributed by atoms with E-state index in [1.54, 1.807) is 0 Å². The van der Waals surface area contributed by atoms with E-state index >= 15 is 0 Å². The van der Waals surface area contributed by atoms with Crippen LogP contribution in [0.3, 0.4) is 0 Å². The molecular formula is C16H18. The molecule has 0 aliphatic rings. The molecule has 0 spiro atoms. The second-order valence-electron chi connectivity index (χ2n) is 4.60. The second kappa shape index (κ2) is 4.52. The van der Waals surface area contributed by atoms with Crippen LogP contribution >= 0.6 is 0 Å². The molecule has 0 fully saturated rings. The fourth-order valence-electron chi connectivity index (χ4n) is 1.99. The first-order valence-electron chi connectivity index (χ1n) is 5.84. The minimum Gasteiger partial charge on any atom is -0.0622 e. The van der Waals surface area contributed by atoms with Gasteiger partial charge in [-0.15, -0.1) is 0 Å². The molecule has 0 bridgehead atoms. The summed E-state index contributed by atoms with van der Waals surface area (Å²) < 4.78 is 0. The van der Waals surface area contributed by atoms with Crippen LogP contribution in [0.15, 0.2) is 48.5 Å². The Kier molecular flexibility index (Phi) is 3.09. The van der Waals surface area contributed by atoms with Gasteiger partial charge in [-0.05, 0) is 35.1 Å². The van der Waals surface area contributed by atoms with Gasteiger partial charge in [0.05, 0.1) is 0 Å². The molecule has 2 rings (SSSR count). The molecular weight excluding hydrogens is 192 g/mol. The highest BCUT2D eigenvalue weighted by molar-refractivity contribution is 5.67. The lowest BCUT2D eigenvalue weighted by molar-refractivity contribution is 0.865. The van der Waals surface area contributed by atoms with Gasteiger partial charge in [0.1, 0.15) is 0 Å². The zero-order chi connectivity index (χ0) is 11.5. The van der Waals surface area contributed by atoms with Crippen molar-refractivity contribution >= 4 is 0 Å². The first kappa shape index (κ1) is 10.9. The Morgan fingerprint density at radius 2 is 1.56 bits per heavy atom. The maximum atomic E-state index is 2.30. The summed E-state index contributed by atoms with van der Waals surface area (Å²) in [7, 11) is 0. The van der Waals surface area contributed by atoms with Crippen molar-refractivity contribution in [3.05, 3.63) is 59.7 Å². The van der Waals surface area contributed by atoms with E-state index in [0.29, 0.717) is 5.92 Å². The molecule has 0 heteroatoms. The molecule has 0 unspecified atom stereocenters. The molecule has 2 aromatic rings. The molecule has 0 saturated carbocycles. The largest absolute Gasteiger partial charge is 0.0622 e. The van der Waals surface area contributed by atoms with Crippen LogP contribution < -0.4 is 0 Å². The summed E-state index contributed by atoms with van der Waals surface area (Å²) in [5.41, 5.74) is 5.41. The Morgan fingerprint density at radius 3 is 2.12 bits per heavy atom. The van der Waals surface area contributed by atoms with Crippen molar-refractivity contribution in [2.24, 2.45) is 0 Å². The van der Waals surface area contributed by atoms with Crippen LogP contribution in [-0.4, -0.2) is 0 Å². The molecule has 0 amide bonds. The van der Waals surface area contributed by atoms with Gasteiger partial charge in [-0.3, -0.25) is 0 Å². The highest BCUT2D eigenvalue weighted by Crippen LogP contribution is 2.26. The Morgan fingerprint density at radius 1 is 0.875 bits per heavy atom. The summed E-state index contributed by atoms with van der Waals surface area (Å²) in [4.78, 5) is 0. The van der Waals surface area contributed by atoms with Crippen LogP contribution in [0.1, 0.15) is 30.9 Å². The first-order chi connectivity index (χ1) is 7.68. The van der Waals surface area contributed by atoms with Crippen LogP contribution in [0.5, 0.6) is 0 Å². The van der Waals surface area contributed by atoms with Gasteiger partial charge in [-0.1, -0.05) is 62.4 Å². The molecule has 16 heavy (non-hydrogen) atoms. The van der Waals surface area contributed by atoms with Crippen LogP contribution in [-0.2, 0) is 0 Å². The summed E-state index contributed by atoms with van der Waals surface area (Å²) in [5, 5.41) is 0. The monoisotopic (exact) mass is 210 g/mol. The van der Waals surface area contributed by atoms with E-state index in [4.69, 9.17) is 0 Å². The SMILES string of the molecule is Cc1cc(C(C)C)ccc1-c1ccccc1. The molecule has 0 aromatic heterocycles. The zero-order valence-electron chi connectivity index (χ0n) is 10.2. The maximum Gasteiger partial charge on any atom is -0.0155 e. The first-order valence-corrected chi connectivity index (χ1v) is 5.84. The number of hydrogen-bond acceptors (Lipinski definition) is 0. The van der Waals surface area contributed by atoms with Gasteiger partial charge >= 0.3 is 0 Å². The average molecular weight is 210 g/mol. The lowest BCUT2D eigenvalue weighted by Gasteiger charge is -2.11. The standard InChI is InChI=1S/C16H18/c1-12(2)15-9-10-16(13(3)11-15)14-7-5-4-6-8-14/h4-12H,1-3H3. The van der Waals surface area contributed by atoms with E-state index in [2.05, 4.69) is 69.3 Å². The maximum absolute atomic E-state index is 2.30. The Bertz CT molecular complexity index is 467. The molecule has 0 aliphatic heterocycles. The zero-order valence-corrected chi connectivity index (χ0v) is 10.2. The lowest BCUT2D eigenvalue weighted by Crippen LogP contribution is -1.90. The van der Waals surface area contributed by atoms with Crippen LogP contribution in [0.25, 0.3) is 11.1 Å². The summed E-state index contributed by atoms with van der Waals surface area (Å²) in [6.07, 6.45) is 0. The van der Waals surface area contributed by atoms with Crippen molar-refractivity contribution in [3.63, 3.8) is 0 Å². The molecule has 82 valence electrons. The fraction of sp³-hybridized carbons (Fsp3) is 0.250. The average Bonchev–Trinajstić information content (AvgIpc) is 2.30. The van der Waals surface area contributed by atoms with Crippen molar-refractivity contribution < 1.29 is 0 Å². The summed E-state index contributed by atoms with van der Waals surface area (Å²) in [6.45, 7) is 6.65. The van der Waals surface area contributed by atoms with Gasteiger partial charge in [0.2, 0.25) is 0 Å². The van der Waals surface area contributed by atoms with Crippen LogP contribution in [0, 0.1) is 6.92 Å². The molecule has 2 aromatic carbocycles. The van der Waals surface area contributed by atoms with Crippen molar-refractivity contribution in [3.8, 4) is 11.1 Å². The van der Waals surface area contributed by atoms with Gasteiger partial charge in [0.25, 0.3) is 0 Å². The molecule has 0 atom stereocenters. The predicted molar refractivity (Wildman–Crippen MR) is 70.7 cm³/mol. The van der Waals surface area contributed by atoms with E-state index in [1.807, 2.05) is 0 Å². The Labute approximate surface area is 97.9 Å². The van der Waals surface area contributed by atoms with Crippen molar-refractivity contribution in [1.82, 2.24) is 0 Å². The molecule has 0 heterocycles. The highest BCUT2D eigenvalue weighted by atomic mass is 14.1. The number of benzene rings is 2. The minimum atomic E-state index is 0.600. The van der Waals surface area contributed by atoms with Gasteiger partial charge in [-0.2, -0.15) is 0 Å². The van der Waals surface area contributed by atoms with Gasteiger partial charge in [0.15, 0.2) is 0 Å². The third kappa shape index (κ3) is 2.16. The number of hydrogen-bond donors (Lipinski definition) is 0. The molecule has 0 saturated heterocycles. The van der Waals surface area contributed by atoms with Crippen molar-refractivity contribution in [2.45, 2.75) is 26.7 Å². The fourth-order valence-corrected chi connectivity index (χ4v) is 1.99.